The highest BCUT2D eigenvalue weighted by Crippen LogP contribution is 2.41. The van der Waals surface area contributed by atoms with Crippen molar-refractivity contribution < 1.29 is 19.4 Å². The van der Waals surface area contributed by atoms with Gasteiger partial charge in [0.15, 0.2) is 0 Å². The van der Waals surface area contributed by atoms with Crippen LogP contribution in [0, 0.1) is 5.92 Å². The number of nitrogens with zero attached hydrogens (tertiary/aromatic N) is 5. The van der Waals surface area contributed by atoms with Crippen molar-refractivity contribution in [1.82, 2.24) is 24.7 Å². The number of rotatable bonds is 14. The minimum atomic E-state index is -0.812. The van der Waals surface area contributed by atoms with Gasteiger partial charge in [-0.05, 0) is 69.6 Å². The quantitative estimate of drug-likeness (QED) is 0.393. The third kappa shape index (κ3) is 7.54. The summed E-state index contributed by atoms with van der Waals surface area (Å²) in [6.45, 7) is 5.94. The number of amides is 1. The summed E-state index contributed by atoms with van der Waals surface area (Å²) in [7, 11) is 4.09. The van der Waals surface area contributed by atoms with Crippen molar-refractivity contribution >= 4 is 11.9 Å². The molecule has 9 nitrogen and oxygen atoms in total. The number of unbranched alkanes of at least 4 members (excludes halogenated alkanes) is 1. The number of carboxylic acid groups (broad SMARTS) is 1. The van der Waals surface area contributed by atoms with Crippen molar-refractivity contribution in [2.24, 2.45) is 5.92 Å². The van der Waals surface area contributed by atoms with Crippen LogP contribution in [0.2, 0.25) is 0 Å². The molecule has 1 unspecified atom stereocenters. The minimum absolute atomic E-state index is 0.0846. The second kappa shape index (κ2) is 13.8. The highest BCUT2D eigenvalue weighted by molar-refractivity contribution is 5.79. The van der Waals surface area contributed by atoms with E-state index in [-0.39, 0.29) is 24.4 Å². The second-order valence-corrected chi connectivity index (χ2v) is 11.1. The molecule has 2 aromatic rings. The van der Waals surface area contributed by atoms with E-state index in [9.17, 15) is 14.7 Å². The predicted octanol–water partition coefficient (Wildman–Crippen LogP) is 3.09. The molecule has 1 N–H and O–H groups in total. The third-order valence-electron chi connectivity index (χ3n) is 8.02. The Labute approximate surface area is 232 Å². The first kappa shape index (κ1) is 29.0. The first-order chi connectivity index (χ1) is 18.9. The molecule has 2 aliphatic heterocycles. The van der Waals surface area contributed by atoms with Crippen molar-refractivity contribution in [3.63, 3.8) is 0 Å². The van der Waals surface area contributed by atoms with E-state index in [4.69, 9.17) is 4.74 Å². The van der Waals surface area contributed by atoms with Gasteiger partial charge >= 0.3 is 5.97 Å². The number of benzene rings is 1. The van der Waals surface area contributed by atoms with Gasteiger partial charge in [0.05, 0.1) is 19.1 Å². The van der Waals surface area contributed by atoms with Crippen LogP contribution in [-0.2, 0) is 22.4 Å². The van der Waals surface area contributed by atoms with Crippen molar-refractivity contribution in [3.8, 4) is 5.75 Å². The number of hydrogen-bond acceptors (Lipinski definition) is 7. The smallest absolute Gasteiger partial charge is 0.308 e. The molecule has 3 heterocycles. The van der Waals surface area contributed by atoms with Crippen molar-refractivity contribution in [3.05, 3.63) is 53.6 Å². The van der Waals surface area contributed by atoms with Crippen LogP contribution in [0.15, 0.2) is 36.8 Å². The van der Waals surface area contributed by atoms with Crippen LogP contribution in [0.1, 0.15) is 55.3 Å². The highest BCUT2D eigenvalue weighted by Gasteiger charge is 2.47. The number of hydrogen-bond donors (Lipinski definition) is 1. The topological polar surface area (TPSA) is 99.1 Å². The molecule has 0 aliphatic carbocycles. The average Bonchev–Trinajstić information content (AvgIpc) is 3.54. The molecule has 1 amide bonds. The lowest BCUT2D eigenvalue weighted by molar-refractivity contribution is -0.143. The van der Waals surface area contributed by atoms with Gasteiger partial charge in [0, 0.05) is 49.9 Å². The average molecular weight is 538 g/mol. The fourth-order valence-corrected chi connectivity index (χ4v) is 5.95. The standard InChI is InChI=1S/C30H43N5O4/c1-4-5-15-34(16-6-14-33(2)3)28(36)20-35-19-25(22-7-10-27-23(18-22)12-17-39-27)29(30(37)38)26(35)9-8-24-11-13-31-21-32-24/h7,10-11,13,18,21,25-26,29H,4-6,8-9,12,14-17,19-20H2,1-3H3,(H,37,38)/t25-,26+,29?/m1/s1. The Hall–Kier alpha value is -3.04. The lowest BCUT2D eigenvalue weighted by atomic mass is 9.83. The molecule has 212 valence electrons. The first-order valence-corrected chi connectivity index (χ1v) is 14.3. The summed E-state index contributed by atoms with van der Waals surface area (Å²) in [5.41, 5.74) is 3.03. The van der Waals surface area contributed by atoms with Gasteiger partial charge in [-0.1, -0.05) is 25.5 Å². The van der Waals surface area contributed by atoms with E-state index in [2.05, 4.69) is 32.8 Å². The zero-order valence-corrected chi connectivity index (χ0v) is 23.6. The Bertz CT molecular complexity index is 1100. The molecule has 1 saturated heterocycles. The molecule has 4 rings (SSSR count). The molecule has 0 saturated carbocycles. The lowest BCUT2D eigenvalue weighted by Gasteiger charge is -2.30. The predicted molar refractivity (Wildman–Crippen MR) is 150 cm³/mol. The highest BCUT2D eigenvalue weighted by atomic mass is 16.5. The lowest BCUT2D eigenvalue weighted by Crippen LogP contribution is -2.45. The zero-order chi connectivity index (χ0) is 27.8. The van der Waals surface area contributed by atoms with Crippen LogP contribution in [0.3, 0.4) is 0 Å². The number of ether oxygens (including phenoxy) is 1. The first-order valence-electron chi connectivity index (χ1n) is 14.3. The van der Waals surface area contributed by atoms with Crippen LogP contribution in [0.5, 0.6) is 5.75 Å². The van der Waals surface area contributed by atoms with Gasteiger partial charge in [-0.3, -0.25) is 14.5 Å². The molecule has 1 fully saturated rings. The van der Waals surface area contributed by atoms with Crippen molar-refractivity contribution in [2.45, 2.75) is 57.4 Å². The normalized spacial score (nSPS) is 20.7. The summed E-state index contributed by atoms with van der Waals surface area (Å²) in [6, 6.07) is 7.69. The Balaban J connectivity index is 1.56. The van der Waals surface area contributed by atoms with E-state index in [0.29, 0.717) is 32.5 Å². The van der Waals surface area contributed by atoms with Crippen molar-refractivity contribution in [1.29, 1.82) is 0 Å². The number of likely N-dealkylation sites (tertiary alicyclic amines) is 1. The van der Waals surface area contributed by atoms with Crippen LogP contribution >= 0.6 is 0 Å². The maximum atomic E-state index is 13.7. The summed E-state index contributed by atoms with van der Waals surface area (Å²) in [5.74, 6) is -0.651. The van der Waals surface area contributed by atoms with Crippen LogP contribution in [-0.4, -0.2) is 101 Å². The Morgan fingerprint density at radius 1 is 1.15 bits per heavy atom. The largest absolute Gasteiger partial charge is 0.493 e. The van der Waals surface area contributed by atoms with E-state index in [1.165, 1.54) is 6.33 Å². The molecular weight excluding hydrogens is 494 g/mol. The molecule has 0 bridgehead atoms. The number of carbonyl (C=O) groups is 2. The van der Waals surface area contributed by atoms with Gasteiger partial charge in [0.1, 0.15) is 12.1 Å². The van der Waals surface area contributed by atoms with Gasteiger partial charge in [0.25, 0.3) is 0 Å². The summed E-state index contributed by atoms with van der Waals surface area (Å²) in [5, 5.41) is 10.5. The number of carboxylic acids is 1. The van der Waals surface area contributed by atoms with Crippen LogP contribution < -0.4 is 4.74 Å². The number of fused-ring (bicyclic) bond motifs is 1. The number of aliphatic carboxylic acids is 1. The summed E-state index contributed by atoms with van der Waals surface area (Å²) in [6.07, 6.45) is 8.21. The number of aryl methyl sites for hydroxylation is 1. The number of aromatic nitrogens is 2. The van der Waals surface area contributed by atoms with Gasteiger partial charge in [0.2, 0.25) is 5.91 Å². The zero-order valence-electron chi connectivity index (χ0n) is 23.6. The van der Waals surface area contributed by atoms with Gasteiger partial charge < -0.3 is 19.6 Å². The fraction of sp³-hybridized carbons (Fsp3) is 0.600. The molecule has 0 radical (unpaired) electrons. The van der Waals surface area contributed by atoms with Gasteiger partial charge in [-0.15, -0.1) is 0 Å². The van der Waals surface area contributed by atoms with E-state index in [0.717, 1.165) is 61.3 Å². The van der Waals surface area contributed by atoms with E-state index in [1.54, 1.807) is 6.20 Å². The SMILES string of the molecule is CCCCN(CCCN(C)C)C(=O)CN1C[C@H](c2ccc3c(c2)CCO3)C(C(=O)O)[C@@H]1CCc1ccncn1. The molecule has 1 aromatic heterocycles. The summed E-state index contributed by atoms with van der Waals surface area (Å²) < 4.78 is 5.69. The monoisotopic (exact) mass is 537 g/mol. The molecule has 2 aliphatic rings. The molecule has 1 aromatic carbocycles. The molecule has 0 spiro atoms. The Morgan fingerprint density at radius 2 is 1.97 bits per heavy atom. The Kier molecular flexibility index (Phi) is 10.3. The van der Waals surface area contributed by atoms with Crippen LogP contribution in [0.4, 0.5) is 0 Å². The summed E-state index contributed by atoms with van der Waals surface area (Å²) >= 11 is 0. The second-order valence-electron chi connectivity index (χ2n) is 11.1. The van der Waals surface area contributed by atoms with E-state index < -0.39 is 11.9 Å². The Morgan fingerprint density at radius 3 is 2.69 bits per heavy atom. The molecular formula is C30H43N5O4. The number of carbonyl (C=O) groups excluding carboxylic acids is 1. The molecule has 9 heteroatoms. The summed E-state index contributed by atoms with van der Waals surface area (Å²) in [4.78, 5) is 41.0. The molecule has 3 atom stereocenters. The third-order valence-corrected chi connectivity index (χ3v) is 8.02. The van der Waals surface area contributed by atoms with Crippen molar-refractivity contribution in [2.75, 3.05) is 53.4 Å². The van der Waals surface area contributed by atoms with Gasteiger partial charge in [-0.25, -0.2) is 9.97 Å². The maximum Gasteiger partial charge on any atom is 0.308 e. The minimum Gasteiger partial charge on any atom is -0.493 e. The van der Waals surface area contributed by atoms with Gasteiger partial charge in [-0.2, -0.15) is 0 Å². The maximum absolute atomic E-state index is 13.7. The van der Waals surface area contributed by atoms with E-state index >= 15 is 0 Å². The molecule has 39 heavy (non-hydrogen) atoms. The fourth-order valence-electron chi connectivity index (χ4n) is 5.95. The van der Waals surface area contributed by atoms with Crippen LogP contribution in [0.25, 0.3) is 0 Å². The van der Waals surface area contributed by atoms with E-state index in [1.807, 2.05) is 37.2 Å².